The van der Waals surface area contributed by atoms with Crippen molar-refractivity contribution in [2.45, 2.75) is 70.4 Å². The summed E-state index contributed by atoms with van der Waals surface area (Å²) in [6.45, 7) is 12.1. The van der Waals surface area contributed by atoms with Gasteiger partial charge in [-0.25, -0.2) is 4.79 Å². The first-order valence-electron chi connectivity index (χ1n) is 17.7. The smallest absolute Gasteiger partial charge is 0.323 e. The number of aliphatic imine (C=N–C) groups is 1. The Balaban J connectivity index is 1.57. The van der Waals surface area contributed by atoms with Gasteiger partial charge in [0.15, 0.2) is 0 Å². The van der Waals surface area contributed by atoms with Gasteiger partial charge in [0.1, 0.15) is 11.6 Å². The summed E-state index contributed by atoms with van der Waals surface area (Å²) in [6, 6.07) is 20.7. The molecule has 0 aromatic heterocycles. The number of ether oxygens (including phenoxy) is 1. The number of nitriles is 1. The maximum absolute atomic E-state index is 14.2. The van der Waals surface area contributed by atoms with Crippen LogP contribution in [0.2, 0.25) is 15.1 Å². The molecule has 1 saturated heterocycles. The van der Waals surface area contributed by atoms with Crippen molar-refractivity contribution in [3.8, 4) is 11.8 Å². The van der Waals surface area contributed by atoms with E-state index in [1.165, 1.54) is 0 Å². The molecule has 0 bridgehead atoms. The maximum Gasteiger partial charge on any atom is 0.323 e. The van der Waals surface area contributed by atoms with Crippen molar-refractivity contribution in [1.82, 2.24) is 20.0 Å². The number of nitrogens with zero attached hydrogens (tertiary/aromatic N) is 5. The number of nitrogens with one attached hydrogen (secondary N) is 1. The first-order valence-corrected chi connectivity index (χ1v) is 18.8. The average Bonchev–Trinajstić information content (AvgIpc) is 3.93. The molecule has 1 aliphatic heterocycles. The maximum atomic E-state index is 14.2. The number of amidine groups is 1. The Kier molecular flexibility index (Phi) is 12.5. The van der Waals surface area contributed by atoms with Crippen molar-refractivity contribution in [3.05, 3.63) is 98.0 Å². The van der Waals surface area contributed by atoms with E-state index in [4.69, 9.17) is 44.5 Å². The summed E-state index contributed by atoms with van der Waals surface area (Å²) < 4.78 is 6.18. The predicted octanol–water partition coefficient (Wildman–Crippen LogP) is 8.26. The lowest BCUT2D eigenvalue weighted by molar-refractivity contribution is -0.132. The van der Waals surface area contributed by atoms with E-state index in [1.54, 1.807) is 35.8 Å². The van der Waals surface area contributed by atoms with Crippen LogP contribution in [0.5, 0.6) is 5.75 Å². The summed E-state index contributed by atoms with van der Waals surface area (Å²) in [5, 5.41) is 14.7. The molecule has 1 atom stereocenters. The van der Waals surface area contributed by atoms with Gasteiger partial charge in [-0.1, -0.05) is 59.1 Å². The number of urea groups is 1. The SMILES string of the molecule is CCOc1cc(C(C)(C)C#N)c(Cl)cc1C(=N[C@@H](c1ccc(Cl)cc1)C1(c2ccc(Cl)cc2)CC1)NC(=O)N1CCN(CC(=O)N(C)C(C)C)CC1. The highest BCUT2D eigenvalue weighted by atomic mass is 35.5. The van der Waals surface area contributed by atoms with Gasteiger partial charge < -0.3 is 14.5 Å². The predicted molar refractivity (Wildman–Crippen MR) is 209 cm³/mol. The molecule has 9 nitrogen and oxygen atoms in total. The Morgan fingerprint density at radius 1 is 1.00 bits per heavy atom. The van der Waals surface area contributed by atoms with Crippen molar-refractivity contribution < 1.29 is 14.3 Å². The zero-order valence-electron chi connectivity index (χ0n) is 30.7. The standard InChI is InChI=1S/C40H47Cl3N6O3/c1-7-52-34-23-32(39(4,5)25-44)33(43)22-31(34)37(46-38(51)49-20-18-48(19-21-49)24-35(50)47(6)26(2)3)45-36(27-8-12-29(41)13-9-27)40(16-17-40)28-10-14-30(42)15-11-28/h8-15,22-23,26,36H,7,16-21,24H2,1-6H3,(H,45,46,51)/t36-/m0/s1. The van der Waals surface area contributed by atoms with E-state index >= 15 is 0 Å². The lowest BCUT2D eigenvalue weighted by Gasteiger charge is -2.35. The number of amides is 3. The van der Waals surface area contributed by atoms with Gasteiger partial charge in [0, 0.05) is 59.8 Å². The Morgan fingerprint density at radius 2 is 1.60 bits per heavy atom. The van der Waals surface area contributed by atoms with Crippen LogP contribution in [-0.2, 0) is 15.6 Å². The number of hydrogen-bond acceptors (Lipinski definition) is 6. The van der Waals surface area contributed by atoms with Gasteiger partial charge >= 0.3 is 6.03 Å². The van der Waals surface area contributed by atoms with Gasteiger partial charge in [-0.05, 0) is 101 Å². The molecule has 3 aromatic rings. The number of carbonyl (C=O) groups is 2. The van der Waals surface area contributed by atoms with E-state index in [0.717, 1.165) is 24.0 Å². The minimum atomic E-state index is -0.897. The zero-order chi connectivity index (χ0) is 37.8. The lowest BCUT2D eigenvalue weighted by atomic mass is 9.84. The van der Waals surface area contributed by atoms with Crippen LogP contribution in [-0.4, -0.2) is 84.9 Å². The van der Waals surface area contributed by atoms with E-state index in [0.29, 0.717) is 77.1 Å². The molecule has 2 fully saturated rings. The molecule has 0 spiro atoms. The third-order valence-corrected chi connectivity index (χ3v) is 11.0. The molecule has 1 heterocycles. The molecule has 1 saturated carbocycles. The number of benzene rings is 3. The normalized spacial score (nSPS) is 16.6. The second kappa shape index (κ2) is 16.5. The summed E-state index contributed by atoms with van der Waals surface area (Å²) >= 11 is 19.6. The minimum Gasteiger partial charge on any atom is -0.493 e. The van der Waals surface area contributed by atoms with E-state index < -0.39 is 11.5 Å². The molecule has 0 radical (unpaired) electrons. The highest BCUT2D eigenvalue weighted by molar-refractivity contribution is 6.32. The molecule has 1 aliphatic carbocycles. The third kappa shape index (κ3) is 8.86. The fourth-order valence-electron chi connectivity index (χ4n) is 6.53. The van der Waals surface area contributed by atoms with Crippen molar-refractivity contribution in [3.63, 3.8) is 0 Å². The van der Waals surface area contributed by atoms with Crippen LogP contribution in [0.1, 0.15) is 75.8 Å². The minimum absolute atomic E-state index is 0.0496. The second-order valence-corrected chi connectivity index (χ2v) is 15.7. The summed E-state index contributed by atoms with van der Waals surface area (Å²) in [4.78, 5) is 37.9. The highest BCUT2D eigenvalue weighted by Gasteiger charge is 2.52. The molecule has 5 rings (SSSR count). The zero-order valence-corrected chi connectivity index (χ0v) is 32.9. The Hall–Kier alpha value is -3.81. The van der Waals surface area contributed by atoms with E-state index in [9.17, 15) is 14.9 Å². The second-order valence-electron chi connectivity index (χ2n) is 14.4. The molecule has 276 valence electrons. The molecule has 52 heavy (non-hydrogen) atoms. The fraction of sp³-hybridized carbons (Fsp3) is 0.450. The largest absolute Gasteiger partial charge is 0.493 e. The number of rotatable bonds is 11. The molecule has 12 heteroatoms. The number of piperazine rings is 1. The van der Waals surface area contributed by atoms with Crippen LogP contribution < -0.4 is 10.1 Å². The number of likely N-dealkylation sites (N-methyl/N-ethyl adjacent to an activating group) is 1. The van der Waals surface area contributed by atoms with E-state index in [1.807, 2.05) is 76.3 Å². The molecule has 3 amide bonds. The quantitative estimate of drug-likeness (QED) is 0.157. The first kappa shape index (κ1) is 39.4. The van der Waals surface area contributed by atoms with Crippen LogP contribution in [0.15, 0.2) is 65.7 Å². The molecular weight excluding hydrogens is 719 g/mol. The average molecular weight is 766 g/mol. The molecule has 1 N–H and O–H groups in total. The number of halogens is 3. The monoisotopic (exact) mass is 764 g/mol. The van der Waals surface area contributed by atoms with Crippen LogP contribution in [0.25, 0.3) is 0 Å². The Labute approximate surface area is 322 Å². The Morgan fingerprint density at radius 3 is 2.13 bits per heavy atom. The summed E-state index contributed by atoms with van der Waals surface area (Å²) in [6.07, 6.45) is 1.74. The number of carbonyl (C=O) groups excluding carboxylic acids is 2. The summed E-state index contributed by atoms with van der Waals surface area (Å²) in [5.74, 6) is 0.801. The van der Waals surface area contributed by atoms with Crippen LogP contribution in [0.3, 0.4) is 0 Å². The van der Waals surface area contributed by atoms with Gasteiger partial charge in [0.25, 0.3) is 0 Å². The van der Waals surface area contributed by atoms with Crippen LogP contribution >= 0.6 is 34.8 Å². The summed E-state index contributed by atoms with van der Waals surface area (Å²) in [7, 11) is 1.81. The molecular formula is C40H47Cl3N6O3. The first-order chi connectivity index (χ1) is 24.7. The van der Waals surface area contributed by atoms with E-state index in [2.05, 4.69) is 16.3 Å². The van der Waals surface area contributed by atoms with Crippen molar-refractivity contribution in [2.75, 3.05) is 46.4 Å². The van der Waals surface area contributed by atoms with Gasteiger partial charge in [0.05, 0.1) is 36.2 Å². The van der Waals surface area contributed by atoms with Gasteiger partial charge in [-0.15, -0.1) is 0 Å². The molecule has 2 aliphatic rings. The van der Waals surface area contributed by atoms with Gasteiger partial charge in [0.2, 0.25) is 5.91 Å². The van der Waals surface area contributed by atoms with Crippen molar-refractivity contribution in [1.29, 1.82) is 5.26 Å². The van der Waals surface area contributed by atoms with Crippen LogP contribution in [0.4, 0.5) is 4.79 Å². The van der Waals surface area contributed by atoms with Crippen LogP contribution in [0, 0.1) is 11.3 Å². The summed E-state index contributed by atoms with van der Waals surface area (Å²) in [5.41, 5.74) is 1.87. The van der Waals surface area contributed by atoms with Gasteiger partial charge in [-0.2, -0.15) is 5.26 Å². The fourth-order valence-corrected chi connectivity index (χ4v) is 7.18. The third-order valence-electron chi connectivity index (χ3n) is 10.2. The molecule has 0 unspecified atom stereocenters. The van der Waals surface area contributed by atoms with Crippen molar-refractivity contribution >= 4 is 52.6 Å². The highest BCUT2D eigenvalue weighted by Crippen LogP contribution is 2.58. The van der Waals surface area contributed by atoms with Gasteiger partial charge in [-0.3, -0.25) is 20.0 Å². The van der Waals surface area contributed by atoms with E-state index in [-0.39, 0.29) is 23.4 Å². The molecule has 3 aromatic carbocycles. The topological polar surface area (TPSA) is 101 Å². The number of hydrogen-bond donors (Lipinski definition) is 1. The Bertz CT molecular complexity index is 1830. The van der Waals surface area contributed by atoms with Crippen molar-refractivity contribution in [2.24, 2.45) is 4.99 Å². The lowest BCUT2D eigenvalue weighted by Crippen LogP contribution is -2.54.